The fourth-order valence-corrected chi connectivity index (χ4v) is 3.31. The summed E-state index contributed by atoms with van der Waals surface area (Å²) in [7, 11) is 3.45. The molecular weight excluding hydrogens is 449 g/mol. The SMILES string of the molecule is CN(C)C(=O)c1ccc2onc(-c3csc(-c4cccnc4)n3)c2c1.O=C(O)C(F)(F)F. The molecule has 12 heteroatoms. The van der Waals surface area contributed by atoms with E-state index < -0.39 is 12.1 Å². The zero-order valence-electron chi connectivity index (χ0n) is 16.6. The molecule has 1 amide bonds. The number of carbonyl (C=O) groups excluding carboxylic acids is 1. The number of carboxylic acid groups (broad SMARTS) is 1. The second-order valence-electron chi connectivity index (χ2n) is 6.52. The Morgan fingerprint density at radius 3 is 2.50 bits per heavy atom. The van der Waals surface area contributed by atoms with Crippen LogP contribution >= 0.6 is 11.3 Å². The van der Waals surface area contributed by atoms with Crippen molar-refractivity contribution in [3.8, 4) is 22.0 Å². The van der Waals surface area contributed by atoms with E-state index in [-0.39, 0.29) is 5.91 Å². The van der Waals surface area contributed by atoms with Crippen LogP contribution in [0.3, 0.4) is 0 Å². The molecule has 32 heavy (non-hydrogen) atoms. The second-order valence-corrected chi connectivity index (χ2v) is 7.38. The normalized spacial score (nSPS) is 11.0. The number of benzene rings is 1. The quantitative estimate of drug-likeness (QED) is 0.480. The maximum absolute atomic E-state index is 12.2. The Labute approximate surface area is 182 Å². The average molecular weight is 464 g/mol. The molecule has 0 atom stereocenters. The summed E-state index contributed by atoms with van der Waals surface area (Å²) >= 11 is 1.52. The molecule has 0 saturated heterocycles. The Kier molecular flexibility index (Phi) is 6.53. The standard InChI is InChI=1S/C18H14N4O2S.C2HF3O2/c1-22(2)18(23)11-5-6-15-13(8-11)16(21-24-15)14-10-25-17(20-14)12-4-3-7-19-9-12;3-2(4,5)1(6)7/h3-10H,1-2H3;(H,6,7). The molecule has 0 unspecified atom stereocenters. The molecule has 3 heterocycles. The Bertz CT molecular complexity index is 1250. The highest BCUT2D eigenvalue weighted by Crippen LogP contribution is 2.32. The first-order chi connectivity index (χ1) is 15.1. The van der Waals surface area contributed by atoms with Gasteiger partial charge in [0, 0.05) is 43.0 Å². The number of halogens is 3. The zero-order valence-corrected chi connectivity index (χ0v) is 17.4. The van der Waals surface area contributed by atoms with Gasteiger partial charge in [0.05, 0.1) is 5.39 Å². The van der Waals surface area contributed by atoms with Gasteiger partial charge in [-0.15, -0.1) is 11.3 Å². The summed E-state index contributed by atoms with van der Waals surface area (Å²) in [6, 6.07) is 9.14. The van der Waals surface area contributed by atoms with Crippen LogP contribution in [0.4, 0.5) is 13.2 Å². The largest absolute Gasteiger partial charge is 0.490 e. The van der Waals surface area contributed by atoms with Crippen LogP contribution in [0.5, 0.6) is 0 Å². The molecule has 1 aromatic carbocycles. The van der Waals surface area contributed by atoms with Crippen LogP contribution in [-0.2, 0) is 4.79 Å². The molecule has 0 aliphatic rings. The third kappa shape index (κ3) is 5.09. The van der Waals surface area contributed by atoms with E-state index in [0.29, 0.717) is 16.8 Å². The van der Waals surface area contributed by atoms with E-state index >= 15 is 0 Å². The molecule has 0 aliphatic carbocycles. The number of amides is 1. The number of nitrogens with zero attached hydrogens (tertiary/aromatic N) is 4. The predicted octanol–water partition coefficient (Wildman–Crippen LogP) is 4.35. The number of hydrogen-bond acceptors (Lipinski definition) is 7. The van der Waals surface area contributed by atoms with Gasteiger partial charge in [-0.1, -0.05) is 5.16 Å². The van der Waals surface area contributed by atoms with Crippen molar-refractivity contribution in [1.29, 1.82) is 0 Å². The molecule has 0 saturated carbocycles. The first-order valence-electron chi connectivity index (χ1n) is 8.85. The number of hydrogen-bond donors (Lipinski definition) is 1. The van der Waals surface area contributed by atoms with Crippen molar-refractivity contribution >= 4 is 34.2 Å². The fourth-order valence-electron chi connectivity index (χ4n) is 2.52. The number of aromatic nitrogens is 3. The number of thiazole rings is 1. The molecule has 0 spiro atoms. The van der Waals surface area contributed by atoms with Crippen molar-refractivity contribution in [1.82, 2.24) is 20.0 Å². The summed E-state index contributed by atoms with van der Waals surface area (Å²) < 4.78 is 37.1. The monoisotopic (exact) mass is 464 g/mol. The van der Waals surface area contributed by atoms with Gasteiger partial charge in [-0.05, 0) is 30.3 Å². The molecule has 3 aromatic heterocycles. The molecule has 166 valence electrons. The summed E-state index contributed by atoms with van der Waals surface area (Å²) in [6.45, 7) is 0. The van der Waals surface area contributed by atoms with Gasteiger partial charge in [-0.2, -0.15) is 13.2 Å². The van der Waals surface area contributed by atoms with Gasteiger partial charge in [0.1, 0.15) is 16.4 Å². The summed E-state index contributed by atoms with van der Waals surface area (Å²) in [5.41, 5.74) is 3.52. The van der Waals surface area contributed by atoms with E-state index in [9.17, 15) is 18.0 Å². The maximum atomic E-state index is 12.2. The Balaban J connectivity index is 0.000000360. The topological polar surface area (TPSA) is 109 Å². The number of aliphatic carboxylic acids is 1. The van der Waals surface area contributed by atoms with Gasteiger partial charge in [0.2, 0.25) is 0 Å². The van der Waals surface area contributed by atoms with Crippen LogP contribution in [0, 0.1) is 0 Å². The van der Waals surface area contributed by atoms with E-state index in [1.165, 1.54) is 16.2 Å². The van der Waals surface area contributed by atoms with Gasteiger partial charge in [-0.25, -0.2) is 9.78 Å². The van der Waals surface area contributed by atoms with Gasteiger partial charge in [0.15, 0.2) is 5.58 Å². The van der Waals surface area contributed by atoms with Gasteiger partial charge in [-0.3, -0.25) is 9.78 Å². The smallest absolute Gasteiger partial charge is 0.475 e. The summed E-state index contributed by atoms with van der Waals surface area (Å²) in [4.78, 5) is 31.4. The highest BCUT2D eigenvalue weighted by atomic mass is 32.1. The molecule has 1 N–H and O–H groups in total. The minimum atomic E-state index is -5.08. The van der Waals surface area contributed by atoms with E-state index in [1.54, 1.807) is 44.7 Å². The van der Waals surface area contributed by atoms with Crippen LogP contribution < -0.4 is 0 Å². The fraction of sp³-hybridized carbons (Fsp3) is 0.150. The van der Waals surface area contributed by atoms with Crippen LogP contribution in [0.2, 0.25) is 0 Å². The highest BCUT2D eigenvalue weighted by molar-refractivity contribution is 7.13. The number of rotatable bonds is 3. The van der Waals surface area contributed by atoms with Crippen molar-refractivity contribution in [2.24, 2.45) is 0 Å². The minimum absolute atomic E-state index is 0.0663. The zero-order chi connectivity index (χ0) is 23.5. The van der Waals surface area contributed by atoms with Crippen LogP contribution in [0.1, 0.15) is 10.4 Å². The van der Waals surface area contributed by atoms with Gasteiger partial charge >= 0.3 is 12.1 Å². The molecule has 8 nitrogen and oxygen atoms in total. The molecule has 0 radical (unpaired) electrons. The van der Waals surface area contributed by atoms with Crippen molar-refractivity contribution < 1.29 is 32.4 Å². The van der Waals surface area contributed by atoms with Crippen LogP contribution in [0.15, 0.2) is 52.6 Å². The average Bonchev–Trinajstić information content (AvgIpc) is 3.40. The number of carboxylic acids is 1. The Morgan fingerprint density at radius 2 is 1.91 bits per heavy atom. The lowest BCUT2D eigenvalue weighted by Gasteiger charge is -2.09. The van der Waals surface area contributed by atoms with Crippen LogP contribution in [-0.4, -0.2) is 57.3 Å². The highest BCUT2D eigenvalue weighted by Gasteiger charge is 2.38. The number of carbonyl (C=O) groups is 2. The molecule has 0 aliphatic heterocycles. The number of fused-ring (bicyclic) bond motifs is 1. The summed E-state index contributed by atoms with van der Waals surface area (Å²) in [6.07, 6.45) is -1.58. The first kappa shape index (κ1) is 22.9. The number of pyridine rings is 1. The minimum Gasteiger partial charge on any atom is -0.475 e. The van der Waals surface area contributed by atoms with Gasteiger partial charge in [0.25, 0.3) is 5.91 Å². The summed E-state index contributed by atoms with van der Waals surface area (Å²) in [5, 5.41) is 14.8. The molecule has 4 rings (SSSR count). The second kappa shape index (κ2) is 9.14. The molecule has 4 aromatic rings. The first-order valence-corrected chi connectivity index (χ1v) is 9.73. The van der Waals surface area contributed by atoms with Crippen molar-refractivity contribution in [2.45, 2.75) is 6.18 Å². The van der Waals surface area contributed by atoms with Crippen molar-refractivity contribution in [3.63, 3.8) is 0 Å². The van der Waals surface area contributed by atoms with Crippen molar-refractivity contribution in [3.05, 3.63) is 53.7 Å². The van der Waals surface area contributed by atoms with E-state index in [1.807, 2.05) is 17.5 Å². The molecule has 0 bridgehead atoms. The Morgan fingerprint density at radius 1 is 1.19 bits per heavy atom. The predicted molar refractivity (Wildman–Crippen MR) is 110 cm³/mol. The molecular formula is C20H15F3N4O4S. The molecule has 0 fully saturated rings. The lowest BCUT2D eigenvalue weighted by Crippen LogP contribution is -2.21. The van der Waals surface area contributed by atoms with Crippen LogP contribution in [0.25, 0.3) is 32.9 Å². The van der Waals surface area contributed by atoms with Crippen molar-refractivity contribution in [2.75, 3.05) is 14.1 Å². The summed E-state index contributed by atoms with van der Waals surface area (Å²) in [5.74, 6) is -2.82. The third-order valence-electron chi connectivity index (χ3n) is 4.02. The number of alkyl halides is 3. The third-order valence-corrected chi connectivity index (χ3v) is 4.91. The van der Waals surface area contributed by atoms with Gasteiger partial charge < -0.3 is 14.5 Å². The van der Waals surface area contributed by atoms with E-state index in [0.717, 1.165) is 21.7 Å². The lowest BCUT2D eigenvalue weighted by atomic mass is 10.1. The van der Waals surface area contributed by atoms with E-state index in [4.69, 9.17) is 14.4 Å². The van der Waals surface area contributed by atoms with E-state index in [2.05, 4.69) is 15.1 Å². The Hall–Kier alpha value is -3.80. The lowest BCUT2D eigenvalue weighted by molar-refractivity contribution is -0.192. The maximum Gasteiger partial charge on any atom is 0.490 e.